The highest BCUT2D eigenvalue weighted by atomic mass is 35.5. The van der Waals surface area contributed by atoms with E-state index in [-0.39, 0.29) is 46.2 Å². The second-order valence-electron chi connectivity index (χ2n) is 11.0. The number of aromatic nitrogens is 2. The fraction of sp³-hybridized carbons (Fsp3) is 0.258. The van der Waals surface area contributed by atoms with Gasteiger partial charge >= 0.3 is 5.56 Å². The monoisotopic (exact) mass is 606 g/mol. The Morgan fingerprint density at radius 1 is 1.19 bits per heavy atom. The van der Waals surface area contributed by atoms with E-state index < -0.39 is 51.1 Å². The summed E-state index contributed by atoms with van der Waals surface area (Å²) < 4.78 is 45.6. The van der Waals surface area contributed by atoms with Crippen LogP contribution in [-0.4, -0.2) is 33.4 Å². The Hall–Kier alpha value is -4.32. The molecular formula is C31H25ClF2N4O5. The Kier molecular flexibility index (Phi) is 6.31. The molecule has 1 aromatic heterocycles. The third kappa shape index (κ3) is 3.99. The van der Waals surface area contributed by atoms with E-state index in [1.54, 1.807) is 0 Å². The van der Waals surface area contributed by atoms with Crippen molar-refractivity contribution in [3.63, 3.8) is 0 Å². The maximum Gasteiger partial charge on any atom is 0.309 e. The van der Waals surface area contributed by atoms with Crippen molar-refractivity contribution >= 4 is 17.5 Å². The van der Waals surface area contributed by atoms with Crippen LogP contribution < -0.4 is 26.1 Å². The van der Waals surface area contributed by atoms with Gasteiger partial charge in [-0.25, -0.2) is 13.5 Å². The highest BCUT2D eigenvalue weighted by Gasteiger charge is 2.50. The van der Waals surface area contributed by atoms with Gasteiger partial charge in [-0.1, -0.05) is 41.9 Å². The number of nitrogens with zero attached hydrogens (tertiary/aromatic N) is 2. The van der Waals surface area contributed by atoms with Gasteiger partial charge in [0.05, 0.1) is 28.4 Å². The number of carbonyl (C=O) groups is 1. The summed E-state index contributed by atoms with van der Waals surface area (Å²) in [6.07, 6.45) is 1.52. The van der Waals surface area contributed by atoms with Gasteiger partial charge in [-0.3, -0.25) is 9.59 Å². The normalized spacial score (nSPS) is 21.9. The minimum Gasteiger partial charge on any atom is -0.480 e. The highest BCUT2D eigenvalue weighted by Crippen LogP contribution is 2.54. The molecule has 4 heterocycles. The van der Waals surface area contributed by atoms with Crippen LogP contribution in [0.15, 0.2) is 53.5 Å². The molecule has 0 radical (unpaired) electrons. The topological polar surface area (TPSA) is 129 Å². The van der Waals surface area contributed by atoms with Gasteiger partial charge in [0.2, 0.25) is 11.7 Å². The van der Waals surface area contributed by atoms with Crippen LogP contribution in [0.1, 0.15) is 51.6 Å². The first-order valence-electron chi connectivity index (χ1n) is 13.7. The average molecular weight is 607 g/mol. The van der Waals surface area contributed by atoms with Crippen molar-refractivity contribution in [1.29, 1.82) is 0 Å². The number of primary amides is 1. The number of rotatable bonds is 4. The number of fused-ring (bicyclic) bond motifs is 3. The SMILES string of the molecule is Cn1ncc2c(c1=O)Oc1c(cc(C(N)=O)c(-c3c(Cl)c(F)cc4c3C[C@](c3ccccc3)([C@@H]3CCCN3)O4)c1F)C2O. The molecule has 0 aliphatic carbocycles. The molecule has 1 fully saturated rings. The number of ether oxygens (including phenoxy) is 2. The van der Waals surface area contributed by atoms with Crippen molar-refractivity contribution in [1.82, 2.24) is 15.1 Å². The van der Waals surface area contributed by atoms with Gasteiger partial charge in [-0.15, -0.1) is 0 Å². The number of aryl methyl sites for hydroxylation is 1. The van der Waals surface area contributed by atoms with Crippen molar-refractivity contribution in [2.75, 3.05) is 6.54 Å². The van der Waals surface area contributed by atoms with Crippen LogP contribution in [0.4, 0.5) is 8.78 Å². The number of amides is 1. The van der Waals surface area contributed by atoms with Crippen molar-refractivity contribution < 1.29 is 28.2 Å². The average Bonchev–Trinajstić information content (AvgIpc) is 3.67. The summed E-state index contributed by atoms with van der Waals surface area (Å²) in [5.74, 6) is -3.77. The number of hydrogen-bond donors (Lipinski definition) is 3. The molecule has 3 atom stereocenters. The maximum atomic E-state index is 16.8. The van der Waals surface area contributed by atoms with E-state index in [0.29, 0.717) is 5.56 Å². The highest BCUT2D eigenvalue weighted by molar-refractivity contribution is 6.34. The third-order valence-corrected chi connectivity index (χ3v) is 8.95. The summed E-state index contributed by atoms with van der Waals surface area (Å²) in [5.41, 5.74) is 4.22. The summed E-state index contributed by atoms with van der Waals surface area (Å²) in [7, 11) is 1.37. The zero-order valence-corrected chi connectivity index (χ0v) is 23.5. The molecule has 0 bridgehead atoms. The van der Waals surface area contributed by atoms with Crippen molar-refractivity contribution in [2.45, 2.75) is 37.0 Å². The number of benzene rings is 3. The molecule has 43 heavy (non-hydrogen) atoms. The molecular weight excluding hydrogens is 582 g/mol. The smallest absolute Gasteiger partial charge is 0.309 e. The van der Waals surface area contributed by atoms with Crippen LogP contribution in [0.25, 0.3) is 11.1 Å². The lowest BCUT2D eigenvalue weighted by molar-refractivity contribution is 0.0539. The molecule has 0 spiro atoms. The van der Waals surface area contributed by atoms with Gasteiger partial charge in [0.15, 0.2) is 17.2 Å². The van der Waals surface area contributed by atoms with Crippen LogP contribution in [-0.2, 0) is 19.1 Å². The second-order valence-corrected chi connectivity index (χ2v) is 11.3. The van der Waals surface area contributed by atoms with Crippen molar-refractivity contribution in [3.05, 3.63) is 103 Å². The molecule has 4 aromatic rings. The maximum absolute atomic E-state index is 16.8. The Balaban J connectivity index is 1.47. The number of aliphatic hydroxyl groups is 1. The molecule has 9 nitrogen and oxygen atoms in total. The molecule has 12 heteroatoms. The van der Waals surface area contributed by atoms with Crippen LogP contribution in [0.3, 0.4) is 0 Å². The van der Waals surface area contributed by atoms with Crippen LogP contribution in [0, 0.1) is 11.6 Å². The lowest BCUT2D eigenvalue weighted by Crippen LogP contribution is -2.48. The molecule has 1 saturated heterocycles. The number of hydrogen-bond acceptors (Lipinski definition) is 7. The molecule has 4 N–H and O–H groups in total. The first kappa shape index (κ1) is 27.5. The molecule has 1 unspecified atom stereocenters. The fourth-order valence-electron chi connectivity index (χ4n) is 6.52. The van der Waals surface area contributed by atoms with Crippen molar-refractivity contribution in [3.8, 4) is 28.4 Å². The summed E-state index contributed by atoms with van der Waals surface area (Å²) in [4.78, 5) is 25.6. The first-order valence-corrected chi connectivity index (χ1v) is 14.1. The zero-order valence-electron chi connectivity index (χ0n) is 22.8. The fourth-order valence-corrected chi connectivity index (χ4v) is 6.78. The van der Waals surface area contributed by atoms with E-state index in [1.807, 2.05) is 30.3 Å². The quantitative estimate of drug-likeness (QED) is 0.317. The molecule has 3 aliphatic rings. The Morgan fingerprint density at radius 2 is 1.95 bits per heavy atom. The van der Waals surface area contributed by atoms with E-state index in [0.717, 1.165) is 35.7 Å². The van der Waals surface area contributed by atoms with Crippen LogP contribution in [0.5, 0.6) is 17.2 Å². The molecule has 220 valence electrons. The Bertz CT molecular complexity index is 1890. The van der Waals surface area contributed by atoms with E-state index in [4.69, 9.17) is 26.8 Å². The summed E-state index contributed by atoms with van der Waals surface area (Å²) >= 11 is 6.58. The van der Waals surface area contributed by atoms with E-state index in [2.05, 4.69) is 10.4 Å². The van der Waals surface area contributed by atoms with Gasteiger partial charge < -0.3 is 25.6 Å². The van der Waals surface area contributed by atoms with Crippen LogP contribution >= 0.6 is 11.6 Å². The number of nitrogens with two attached hydrogens (primary N) is 1. The molecule has 1 amide bonds. The lowest BCUT2D eigenvalue weighted by atomic mass is 9.80. The predicted molar refractivity (Wildman–Crippen MR) is 152 cm³/mol. The van der Waals surface area contributed by atoms with E-state index >= 15 is 8.78 Å². The number of halogens is 3. The summed E-state index contributed by atoms with van der Waals surface area (Å²) in [6.45, 7) is 0.766. The second kappa shape index (κ2) is 9.87. The Morgan fingerprint density at radius 3 is 2.65 bits per heavy atom. The minimum absolute atomic E-state index is 0.00652. The largest absolute Gasteiger partial charge is 0.480 e. The van der Waals surface area contributed by atoms with Crippen molar-refractivity contribution in [2.24, 2.45) is 12.8 Å². The van der Waals surface area contributed by atoms with Gasteiger partial charge in [-0.2, -0.15) is 5.10 Å². The molecule has 3 aliphatic heterocycles. The lowest BCUT2D eigenvalue weighted by Gasteiger charge is -2.35. The zero-order chi connectivity index (χ0) is 30.2. The minimum atomic E-state index is -1.56. The van der Waals surface area contributed by atoms with E-state index in [1.165, 1.54) is 19.3 Å². The molecule has 0 saturated carbocycles. The first-order chi connectivity index (χ1) is 20.6. The summed E-state index contributed by atoms with van der Waals surface area (Å²) in [6, 6.07) is 11.6. The standard InChI is InChI=1S/C31H25ClF2N4O5/c1-38-30(41)28-18(13-37-38)26(39)16-10-15(29(35)40)23(25(34)27(16)42-28)22-17-12-31(21-8-5-9-36-21,14-6-3-2-4-7-14)43-20(17)11-19(33)24(22)32/h2-4,6-7,10-11,13,21,26,36,39H,5,8-9,12H2,1H3,(H2,35,40)/t21-,26?,31-/m0/s1. The van der Waals surface area contributed by atoms with Crippen LogP contribution in [0.2, 0.25) is 5.02 Å². The third-order valence-electron chi connectivity index (χ3n) is 8.58. The van der Waals surface area contributed by atoms with E-state index in [9.17, 15) is 14.7 Å². The predicted octanol–water partition coefficient (Wildman–Crippen LogP) is 4.25. The molecule has 3 aromatic carbocycles. The number of carbonyl (C=O) groups excluding carboxylic acids is 1. The Labute approximate surface area is 248 Å². The van der Waals surface area contributed by atoms with Gasteiger partial charge in [-0.05, 0) is 31.0 Å². The number of nitrogens with one attached hydrogen (secondary N) is 1. The van der Waals surface area contributed by atoms with Gasteiger partial charge in [0.1, 0.15) is 17.7 Å². The number of aliphatic hydroxyl groups excluding tert-OH is 1. The van der Waals surface area contributed by atoms with Gasteiger partial charge in [0.25, 0.3) is 0 Å². The van der Waals surface area contributed by atoms with Gasteiger partial charge in [0, 0.05) is 41.8 Å². The molecule has 7 rings (SSSR count). The summed E-state index contributed by atoms with van der Waals surface area (Å²) in [5, 5.41) is 18.0.